The lowest BCUT2D eigenvalue weighted by atomic mass is 10.1. The van der Waals surface area contributed by atoms with Gasteiger partial charge in [-0.1, -0.05) is 64.6 Å². The topological polar surface area (TPSA) is 64.7 Å². The number of carbonyl (C=O) groups excluding carboxylic acids is 1. The third-order valence-electron chi connectivity index (χ3n) is 5.15. The van der Waals surface area contributed by atoms with Crippen LogP contribution in [0.5, 0.6) is 0 Å². The molecule has 10 heteroatoms. The number of amides is 1. The van der Waals surface area contributed by atoms with Gasteiger partial charge in [0.2, 0.25) is 0 Å². The van der Waals surface area contributed by atoms with E-state index in [9.17, 15) is 4.79 Å². The van der Waals surface area contributed by atoms with Crippen molar-refractivity contribution >= 4 is 58.1 Å². The minimum absolute atomic E-state index is 0.251. The number of nitrogens with one attached hydrogen (secondary N) is 1. The van der Waals surface area contributed by atoms with Gasteiger partial charge in [-0.2, -0.15) is 10.2 Å². The number of benzene rings is 2. The number of anilines is 1. The van der Waals surface area contributed by atoms with E-state index in [1.807, 2.05) is 30.7 Å². The van der Waals surface area contributed by atoms with Crippen LogP contribution in [0.4, 0.5) is 5.82 Å². The maximum absolute atomic E-state index is 12.9. The SMILES string of the molecule is Cc1nn(Cc2cccc(C(=O)Nc3nn(Cc4c(Cl)cccc4Cl)cc3Cl)c2)c(C)c1Cl. The zero-order valence-corrected chi connectivity index (χ0v) is 20.8. The number of nitrogens with zero attached hydrogens (tertiary/aromatic N) is 4. The Balaban J connectivity index is 1.50. The van der Waals surface area contributed by atoms with Crippen LogP contribution in [-0.4, -0.2) is 25.5 Å². The lowest BCUT2D eigenvalue weighted by Crippen LogP contribution is -2.14. The molecule has 6 nitrogen and oxygen atoms in total. The van der Waals surface area contributed by atoms with Gasteiger partial charge in [-0.05, 0) is 43.7 Å². The van der Waals surface area contributed by atoms with Crippen LogP contribution in [-0.2, 0) is 13.1 Å². The molecule has 0 spiro atoms. The van der Waals surface area contributed by atoms with Gasteiger partial charge in [0.15, 0.2) is 5.82 Å². The molecule has 0 saturated carbocycles. The lowest BCUT2D eigenvalue weighted by Gasteiger charge is -2.08. The van der Waals surface area contributed by atoms with E-state index in [1.165, 1.54) is 0 Å². The molecule has 4 aromatic rings. The van der Waals surface area contributed by atoms with Crippen molar-refractivity contribution in [2.45, 2.75) is 26.9 Å². The van der Waals surface area contributed by atoms with Crippen LogP contribution >= 0.6 is 46.4 Å². The number of hydrogen-bond donors (Lipinski definition) is 1. The fourth-order valence-electron chi connectivity index (χ4n) is 3.40. The molecule has 0 atom stereocenters. The Labute approximate surface area is 211 Å². The van der Waals surface area contributed by atoms with E-state index in [4.69, 9.17) is 46.4 Å². The highest BCUT2D eigenvalue weighted by molar-refractivity contribution is 6.36. The van der Waals surface area contributed by atoms with Gasteiger partial charge >= 0.3 is 0 Å². The molecule has 2 heterocycles. The largest absolute Gasteiger partial charge is 0.304 e. The van der Waals surface area contributed by atoms with E-state index in [2.05, 4.69) is 15.5 Å². The summed E-state index contributed by atoms with van der Waals surface area (Å²) in [7, 11) is 0. The summed E-state index contributed by atoms with van der Waals surface area (Å²) in [6, 6.07) is 12.5. The van der Waals surface area contributed by atoms with Gasteiger partial charge in [0.25, 0.3) is 5.91 Å². The van der Waals surface area contributed by atoms with Crippen molar-refractivity contribution in [3.63, 3.8) is 0 Å². The first-order valence-electron chi connectivity index (χ1n) is 9.98. The summed E-state index contributed by atoms with van der Waals surface area (Å²) in [6.07, 6.45) is 1.61. The van der Waals surface area contributed by atoms with Crippen LogP contribution in [0, 0.1) is 13.8 Å². The molecule has 1 amide bonds. The Bertz CT molecular complexity index is 1320. The molecular formula is C23H19Cl4N5O. The van der Waals surface area contributed by atoms with Gasteiger partial charge in [-0.25, -0.2) is 0 Å². The van der Waals surface area contributed by atoms with Crippen molar-refractivity contribution in [1.82, 2.24) is 19.6 Å². The number of hydrogen-bond acceptors (Lipinski definition) is 3. The van der Waals surface area contributed by atoms with Gasteiger partial charge in [0.05, 0.1) is 29.5 Å². The zero-order valence-electron chi connectivity index (χ0n) is 17.7. The first-order chi connectivity index (χ1) is 15.7. The Morgan fingerprint density at radius 3 is 2.30 bits per heavy atom. The van der Waals surface area contributed by atoms with Gasteiger partial charge in [0, 0.05) is 27.4 Å². The lowest BCUT2D eigenvalue weighted by molar-refractivity contribution is 0.102. The fraction of sp³-hybridized carbons (Fsp3) is 0.174. The van der Waals surface area contributed by atoms with Crippen LogP contribution < -0.4 is 5.32 Å². The molecule has 0 unspecified atom stereocenters. The van der Waals surface area contributed by atoms with Crippen molar-refractivity contribution in [3.05, 3.63) is 96.8 Å². The maximum atomic E-state index is 12.9. The molecular weight excluding hydrogens is 504 g/mol. The minimum atomic E-state index is -0.328. The minimum Gasteiger partial charge on any atom is -0.304 e. The molecule has 0 aliphatic carbocycles. The summed E-state index contributed by atoms with van der Waals surface area (Å²) in [5.41, 5.74) is 3.75. The quantitative estimate of drug-likeness (QED) is 0.308. The van der Waals surface area contributed by atoms with E-state index in [0.717, 1.165) is 22.5 Å². The van der Waals surface area contributed by atoms with Gasteiger partial charge < -0.3 is 5.32 Å². The zero-order chi connectivity index (χ0) is 23.7. The van der Waals surface area contributed by atoms with Crippen LogP contribution in [0.3, 0.4) is 0 Å². The number of aryl methyl sites for hydroxylation is 1. The van der Waals surface area contributed by atoms with E-state index < -0.39 is 0 Å². The maximum Gasteiger partial charge on any atom is 0.256 e. The monoisotopic (exact) mass is 521 g/mol. The predicted octanol–water partition coefficient (Wildman–Crippen LogP) is 6.66. The van der Waals surface area contributed by atoms with Crippen molar-refractivity contribution in [2.75, 3.05) is 5.32 Å². The predicted molar refractivity (Wildman–Crippen MR) is 133 cm³/mol. The van der Waals surface area contributed by atoms with Gasteiger partial charge in [0.1, 0.15) is 5.02 Å². The normalized spacial score (nSPS) is 11.1. The molecule has 0 aliphatic heterocycles. The molecule has 2 aromatic carbocycles. The molecule has 0 saturated heterocycles. The summed E-state index contributed by atoms with van der Waals surface area (Å²) in [5.74, 6) is -0.0771. The van der Waals surface area contributed by atoms with Crippen molar-refractivity contribution in [2.24, 2.45) is 0 Å². The van der Waals surface area contributed by atoms with Crippen LogP contribution in [0.15, 0.2) is 48.7 Å². The van der Waals surface area contributed by atoms with E-state index in [0.29, 0.717) is 38.7 Å². The van der Waals surface area contributed by atoms with Crippen LogP contribution in [0.1, 0.15) is 32.9 Å². The second-order valence-corrected chi connectivity index (χ2v) is 9.12. The average Bonchev–Trinajstić information content (AvgIpc) is 3.24. The van der Waals surface area contributed by atoms with Gasteiger partial charge in [-0.15, -0.1) is 0 Å². The molecule has 33 heavy (non-hydrogen) atoms. The molecule has 2 aromatic heterocycles. The number of carbonyl (C=O) groups is 1. The first kappa shape index (κ1) is 23.6. The summed E-state index contributed by atoms with van der Waals surface area (Å²) in [4.78, 5) is 12.9. The molecule has 0 fully saturated rings. The summed E-state index contributed by atoms with van der Waals surface area (Å²) in [6.45, 7) is 4.58. The second-order valence-electron chi connectivity index (χ2n) is 7.52. The van der Waals surface area contributed by atoms with Crippen LogP contribution in [0.25, 0.3) is 0 Å². The van der Waals surface area contributed by atoms with Crippen molar-refractivity contribution in [1.29, 1.82) is 0 Å². The smallest absolute Gasteiger partial charge is 0.256 e. The second kappa shape index (κ2) is 9.77. The molecule has 4 rings (SSSR count). The molecule has 1 N–H and O–H groups in total. The highest BCUT2D eigenvalue weighted by Gasteiger charge is 2.15. The van der Waals surface area contributed by atoms with Gasteiger partial charge in [-0.3, -0.25) is 14.2 Å². The highest BCUT2D eigenvalue weighted by Crippen LogP contribution is 2.27. The third-order valence-corrected chi connectivity index (χ3v) is 6.68. The van der Waals surface area contributed by atoms with Crippen LogP contribution in [0.2, 0.25) is 20.1 Å². The Kier molecular flexibility index (Phi) is 7.00. The number of rotatable bonds is 6. The van der Waals surface area contributed by atoms with E-state index >= 15 is 0 Å². The average molecular weight is 523 g/mol. The van der Waals surface area contributed by atoms with E-state index in [1.54, 1.807) is 41.2 Å². The fourth-order valence-corrected chi connectivity index (χ4v) is 4.25. The summed E-state index contributed by atoms with van der Waals surface area (Å²) in [5, 5.41) is 13.6. The Morgan fingerprint density at radius 1 is 0.939 bits per heavy atom. The molecule has 0 radical (unpaired) electrons. The highest BCUT2D eigenvalue weighted by atomic mass is 35.5. The van der Waals surface area contributed by atoms with Crippen molar-refractivity contribution in [3.8, 4) is 0 Å². The molecule has 0 bridgehead atoms. The third kappa shape index (κ3) is 5.20. The standard InChI is InChI=1S/C23H19Cl4N5O/c1-13-21(27)14(2)32(29-13)10-15-5-3-6-16(9-15)23(33)28-22-20(26)12-31(30-22)11-17-18(24)7-4-8-19(17)25/h3-9,12H,10-11H2,1-2H3,(H,28,30,33). The molecule has 170 valence electrons. The Hall–Kier alpha value is -2.51. The summed E-state index contributed by atoms with van der Waals surface area (Å²) >= 11 is 25.0. The number of aromatic nitrogens is 4. The number of halogens is 4. The van der Waals surface area contributed by atoms with E-state index in [-0.39, 0.29) is 11.7 Å². The van der Waals surface area contributed by atoms with Crippen molar-refractivity contribution < 1.29 is 4.79 Å². The first-order valence-corrected chi connectivity index (χ1v) is 11.5. The summed E-state index contributed by atoms with van der Waals surface area (Å²) < 4.78 is 3.39. The Morgan fingerprint density at radius 2 is 1.64 bits per heavy atom. The molecule has 0 aliphatic rings.